The zero-order chi connectivity index (χ0) is 29.0. The van der Waals surface area contributed by atoms with Crippen molar-refractivity contribution in [2.45, 2.75) is 51.9 Å². The number of thiazole rings is 1. The highest BCUT2D eigenvalue weighted by molar-refractivity contribution is 7.15. The first kappa shape index (κ1) is 29.1. The molecule has 3 heterocycles. The standard InChI is InChI=1S/C27H33F2N7O3S/c1-16-32-24(38-22-8-7-18(12-20(22)29)31-15-35(5)6)23(40-16)21-9-10-30-25(34-21)33-19-11-17(28)13-36(14-19)26(37)39-27(2,3)4/h7-10,12,15,17,19H,11,13-14H2,1-6H3,(H,30,33,34)/t17-,19-/m0/s1. The Bertz CT molecular complexity index is 1380. The number of rotatable bonds is 7. The molecule has 0 spiro atoms. The number of amides is 1. The van der Waals surface area contributed by atoms with Crippen LogP contribution in [-0.2, 0) is 4.74 Å². The number of ether oxygens (including phenoxy) is 2. The van der Waals surface area contributed by atoms with E-state index in [1.807, 2.05) is 21.0 Å². The Morgan fingerprint density at radius 2 is 2.02 bits per heavy atom. The van der Waals surface area contributed by atoms with Crippen LogP contribution in [0.5, 0.6) is 11.6 Å². The fourth-order valence-electron chi connectivity index (χ4n) is 3.93. The number of nitrogens with one attached hydrogen (secondary N) is 1. The van der Waals surface area contributed by atoms with Gasteiger partial charge in [-0.1, -0.05) is 0 Å². The minimum atomic E-state index is -1.22. The molecule has 0 saturated carbocycles. The minimum Gasteiger partial charge on any atom is -0.444 e. The summed E-state index contributed by atoms with van der Waals surface area (Å²) in [6.45, 7) is 7.31. The van der Waals surface area contributed by atoms with E-state index in [9.17, 15) is 13.6 Å². The quantitative estimate of drug-likeness (QED) is 0.279. The lowest BCUT2D eigenvalue weighted by Crippen LogP contribution is -2.51. The van der Waals surface area contributed by atoms with Crippen LogP contribution in [-0.4, -0.2) is 82.2 Å². The highest BCUT2D eigenvalue weighted by Crippen LogP contribution is 2.38. The molecule has 1 aliphatic rings. The minimum absolute atomic E-state index is 0.00110. The van der Waals surface area contributed by atoms with E-state index < -0.39 is 29.7 Å². The average molecular weight is 574 g/mol. The number of benzene rings is 1. The van der Waals surface area contributed by atoms with Crippen LogP contribution in [0.15, 0.2) is 35.5 Å². The summed E-state index contributed by atoms with van der Waals surface area (Å²) in [5.41, 5.74) is 0.267. The van der Waals surface area contributed by atoms with Crippen molar-refractivity contribution < 1.29 is 23.0 Å². The number of anilines is 1. The predicted octanol–water partition coefficient (Wildman–Crippen LogP) is 5.82. The van der Waals surface area contributed by atoms with Gasteiger partial charge in [-0.3, -0.25) is 0 Å². The van der Waals surface area contributed by atoms with Gasteiger partial charge in [0.25, 0.3) is 0 Å². The lowest BCUT2D eigenvalue weighted by molar-refractivity contribution is 0.0124. The average Bonchev–Trinajstić information content (AvgIpc) is 3.23. The Labute approximate surface area is 236 Å². The lowest BCUT2D eigenvalue weighted by Gasteiger charge is -2.36. The van der Waals surface area contributed by atoms with Crippen molar-refractivity contribution >= 4 is 35.4 Å². The van der Waals surface area contributed by atoms with E-state index in [1.165, 1.54) is 28.4 Å². The van der Waals surface area contributed by atoms with Crippen LogP contribution in [0.4, 0.5) is 25.2 Å². The van der Waals surface area contributed by atoms with Gasteiger partial charge in [-0.05, 0) is 45.9 Å². The first-order valence-electron chi connectivity index (χ1n) is 12.7. The second-order valence-corrected chi connectivity index (χ2v) is 11.8. The van der Waals surface area contributed by atoms with Crippen LogP contribution in [0.3, 0.4) is 0 Å². The Morgan fingerprint density at radius 3 is 2.73 bits per heavy atom. The van der Waals surface area contributed by atoms with Crippen LogP contribution < -0.4 is 10.1 Å². The third-order valence-electron chi connectivity index (χ3n) is 5.54. The molecule has 40 heavy (non-hydrogen) atoms. The maximum absolute atomic E-state index is 14.8. The van der Waals surface area contributed by atoms with Gasteiger partial charge >= 0.3 is 6.09 Å². The van der Waals surface area contributed by atoms with Gasteiger partial charge in [0.1, 0.15) is 16.6 Å². The highest BCUT2D eigenvalue weighted by atomic mass is 32.1. The smallest absolute Gasteiger partial charge is 0.410 e. The number of hydrogen-bond acceptors (Lipinski definition) is 9. The molecule has 0 unspecified atom stereocenters. The molecule has 1 aliphatic heterocycles. The van der Waals surface area contributed by atoms with E-state index in [0.29, 0.717) is 21.3 Å². The predicted molar refractivity (Wildman–Crippen MR) is 151 cm³/mol. The van der Waals surface area contributed by atoms with E-state index >= 15 is 0 Å². The normalized spacial score (nSPS) is 17.6. The van der Waals surface area contributed by atoms with Crippen molar-refractivity contribution in [2.24, 2.45) is 4.99 Å². The summed E-state index contributed by atoms with van der Waals surface area (Å²) in [7, 11) is 3.65. The molecule has 10 nitrogen and oxygen atoms in total. The third kappa shape index (κ3) is 7.84. The van der Waals surface area contributed by atoms with E-state index in [0.717, 1.165) is 0 Å². The molecule has 2 aromatic heterocycles. The summed E-state index contributed by atoms with van der Waals surface area (Å²) in [4.78, 5) is 33.7. The molecular formula is C27H33F2N7O3S. The number of hydrogen-bond donors (Lipinski definition) is 1. The van der Waals surface area contributed by atoms with Crippen molar-refractivity contribution in [3.05, 3.63) is 41.3 Å². The molecular weight excluding hydrogens is 540 g/mol. The number of aryl methyl sites for hydroxylation is 1. The van der Waals surface area contributed by atoms with Crippen LogP contribution in [0.2, 0.25) is 0 Å². The summed E-state index contributed by atoms with van der Waals surface area (Å²) < 4.78 is 40.6. The van der Waals surface area contributed by atoms with Gasteiger partial charge < -0.3 is 24.6 Å². The third-order valence-corrected chi connectivity index (χ3v) is 6.51. The van der Waals surface area contributed by atoms with Gasteiger partial charge in [0, 0.05) is 45.4 Å². The Kier molecular flexibility index (Phi) is 8.82. The molecule has 13 heteroatoms. The van der Waals surface area contributed by atoms with Gasteiger partial charge in [0.15, 0.2) is 11.6 Å². The van der Waals surface area contributed by atoms with Crippen molar-refractivity contribution in [1.82, 2.24) is 24.8 Å². The molecule has 1 fully saturated rings. The molecule has 4 rings (SSSR count). The summed E-state index contributed by atoms with van der Waals surface area (Å²) in [6.07, 6.45) is 1.54. The monoisotopic (exact) mass is 573 g/mol. The SMILES string of the molecule is Cc1nc(Oc2ccc(N=CN(C)C)cc2F)c(-c2ccnc(N[C@H]3C[C@H](F)CN(C(=O)OC(C)(C)C)C3)n2)s1. The molecule has 214 valence electrons. The van der Waals surface area contributed by atoms with Crippen LogP contribution in [0.1, 0.15) is 32.2 Å². The molecule has 2 atom stereocenters. The number of likely N-dealkylation sites (tertiary alicyclic amines) is 1. The second-order valence-electron chi connectivity index (χ2n) is 10.6. The van der Waals surface area contributed by atoms with Gasteiger partial charge in [-0.25, -0.2) is 33.5 Å². The second kappa shape index (κ2) is 12.1. The largest absolute Gasteiger partial charge is 0.444 e. The molecule has 1 amide bonds. The van der Waals surface area contributed by atoms with Crippen LogP contribution in [0, 0.1) is 12.7 Å². The van der Waals surface area contributed by atoms with Crippen molar-refractivity contribution in [3.63, 3.8) is 0 Å². The molecule has 0 aliphatic carbocycles. The number of carbonyl (C=O) groups excluding carboxylic acids is 1. The number of piperidine rings is 1. The van der Waals surface area contributed by atoms with Crippen LogP contribution in [0.25, 0.3) is 10.6 Å². The van der Waals surface area contributed by atoms with E-state index in [-0.39, 0.29) is 37.1 Å². The van der Waals surface area contributed by atoms with Crippen molar-refractivity contribution in [2.75, 3.05) is 32.5 Å². The fraction of sp³-hybridized carbons (Fsp3) is 0.444. The molecule has 1 aromatic carbocycles. The van der Waals surface area contributed by atoms with Gasteiger partial charge in [0.05, 0.1) is 29.3 Å². The van der Waals surface area contributed by atoms with Gasteiger partial charge in [0.2, 0.25) is 11.8 Å². The van der Waals surface area contributed by atoms with E-state index in [2.05, 4.69) is 25.3 Å². The van der Waals surface area contributed by atoms with Crippen LogP contribution >= 0.6 is 11.3 Å². The Balaban J connectivity index is 1.50. The van der Waals surface area contributed by atoms with Gasteiger partial charge in [-0.15, -0.1) is 11.3 Å². The lowest BCUT2D eigenvalue weighted by atomic mass is 10.0. The molecule has 0 bridgehead atoms. The fourth-order valence-corrected chi connectivity index (χ4v) is 4.75. The number of halogens is 2. The van der Waals surface area contributed by atoms with Crippen molar-refractivity contribution in [3.8, 4) is 22.2 Å². The number of aromatic nitrogens is 3. The topological polar surface area (TPSA) is 105 Å². The highest BCUT2D eigenvalue weighted by Gasteiger charge is 2.33. The number of nitrogens with zero attached hydrogens (tertiary/aromatic N) is 6. The number of carbonyl (C=O) groups is 1. The number of alkyl halides is 1. The van der Waals surface area contributed by atoms with E-state index in [4.69, 9.17) is 9.47 Å². The van der Waals surface area contributed by atoms with Crippen molar-refractivity contribution in [1.29, 1.82) is 0 Å². The Hall–Kier alpha value is -3.87. The summed E-state index contributed by atoms with van der Waals surface area (Å²) >= 11 is 1.34. The van der Waals surface area contributed by atoms with E-state index in [1.54, 1.807) is 50.3 Å². The summed E-state index contributed by atoms with van der Waals surface area (Å²) in [5.74, 6) is -0.121. The zero-order valence-electron chi connectivity index (χ0n) is 23.3. The Morgan fingerprint density at radius 1 is 1.25 bits per heavy atom. The molecule has 1 N–H and O–H groups in total. The number of aliphatic imine (C=N–C) groups is 1. The summed E-state index contributed by atoms with van der Waals surface area (Å²) in [5, 5.41) is 3.84. The maximum atomic E-state index is 14.8. The molecule has 3 aromatic rings. The first-order chi connectivity index (χ1) is 18.9. The summed E-state index contributed by atoms with van der Waals surface area (Å²) in [6, 6.07) is 5.69. The molecule has 0 radical (unpaired) electrons. The molecule has 1 saturated heterocycles. The van der Waals surface area contributed by atoms with Gasteiger partial charge in [-0.2, -0.15) is 0 Å². The maximum Gasteiger partial charge on any atom is 0.410 e. The first-order valence-corrected chi connectivity index (χ1v) is 13.6. The zero-order valence-corrected chi connectivity index (χ0v) is 24.1.